The Labute approximate surface area is 183 Å². The van der Waals surface area contributed by atoms with Gasteiger partial charge < -0.3 is 19.7 Å². The summed E-state index contributed by atoms with van der Waals surface area (Å²) in [6, 6.07) is 7.38. The molecule has 4 nitrogen and oxygen atoms in total. The summed E-state index contributed by atoms with van der Waals surface area (Å²) in [6.07, 6.45) is 2.86. The molecule has 2 aromatic carbocycles. The van der Waals surface area contributed by atoms with Gasteiger partial charge in [0.15, 0.2) is 11.5 Å². The average molecular weight is 466 g/mol. The molecule has 0 unspecified atom stereocenters. The Bertz CT molecular complexity index is 741. The highest BCUT2D eigenvalue weighted by Gasteiger charge is 2.41. The van der Waals surface area contributed by atoms with E-state index in [0.29, 0.717) is 31.6 Å². The van der Waals surface area contributed by atoms with Crippen LogP contribution in [0.15, 0.2) is 24.3 Å². The predicted molar refractivity (Wildman–Crippen MR) is 113 cm³/mol. The van der Waals surface area contributed by atoms with Crippen LogP contribution in [0.4, 0.5) is 0 Å². The number of aliphatic hydroxyl groups excluding tert-OH is 2. The standard InChI is InChI=1S/C20H20Cl4O4/c21-14-8-12(9-15(22)18(14)27-6-4-25)20(2-1-3-20)13-10-16(23)19(17(24)11-13)28-7-5-26/h8-11,25-26H,1-7H2. The molecule has 0 aliphatic heterocycles. The van der Waals surface area contributed by atoms with Crippen LogP contribution < -0.4 is 9.47 Å². The van der Waals surface area contributed by atoms with Crippen molar-refractivity contribution >= 4 is 46.4 Å². The van der Waals surface area contributed by atoms with Crippen LogP contribution in [-0.2, 0) is 5.41 Å². The van der Waals surface area contributed by atoms with Crippen molar-refractivity contribution in [3.05, 3.63) is 55.5 Å². The van der Waals surface area contributed by atoms with E-state index in [9.17, 15) is 0 Å². The van der Waals surface area contributed by atoms with E-state index in [1.807, 2.05) is 24.3 Å². The summed E-state index contributed by atoms with van der Waals surface area (Å²) < 4.78 is 10.9. The number of hydrogen-bond acceptors (Lipinski definition) is 4. The number of hydrogen-bond donors (Lipinski definition) is 2. The topological polar surface area (TPSA) is 58.9 Å². The van der Waals surface area contributed by atoms with Gasteiger partial charge in [0.2, 0.25) is 0 Å². The molecule has 28 heavy (non-hydrogen) atoms. The van der Waals surface area contributed by atoms with Gasteiger partial charge in [-0.15, -0.1) is 0 Å². The van der Waals surface area contributed by atoms with Crippen LogP contribution in [0.3, 0.4) is 0 Å². The highest BCUT2D eigenvalue weighted by molar-refractivity contribution is 6.38. The van der Waals surface area contributed by atoms with E-state index in [4.69, 9.17) is 66.1 Å². The van der Waals surface area contributed by atoms with Crippen LogP contribution in [-0.4, -0.2) is 36.6 Å². The molecule has 0 bridgehead atoms. The molecule has 1 saturated carbocycles. The first-order chi connectivity index (χ1) is 13.4. The van der Waals surface area contributed by atoms with Gasteiger partial charge >= 0.3 is 0 Å². The Hall–Kier alpha value is -0.880. The molecule has 1 fully saturated rings. The van der Waals surface area contributed by atoms with Gasteiger partial charge in [0.1, 0.15) is 13.2 Å². The summed E-state index contributed by atoms with van der Waals surface area (Å²) in [5, 5.41) is 19.5. The molecule has 0 heterocycles. The third-order valence-electron chi connectivity index (χ3n) is 4.98. The smallest absolute Gasteiger partial charge is 0.156 e. The van der Waals surface area contributed by atoms with Gasteiger partial charge in [0, 0.05) is 5.41 Å². The zero-order valence-corrected chi connectivity index (χ0v) is 18.0. The zero-order chi connectivity index (χ0) is 20.3. The van der Waals surface area contributed by atoms with E-state index in [1.54, 1.807) is 0 Å². The van der Waals surface area contributed by atoms with Crippen LogP contribution in [0.1, 0.15) is 30.4 Å². The molecule has 0 saturated heterocycles. The summed E-state index contributed by atoms with van der Waals surface area (Å²) in [4.78, 5) is 0. The number of aliphatic hydroxyl groups is 2. The van der Waals surface area contributed by atoms with E-state index in [2.05, 4.69) is 0 Å². The van der Waals surface area contributed by atoms with Gasteiger partial charge in [-0.3, -0.25) is 0 Å². The van der Waals surface area contributed by atoms with Crippen molar-refractivity contribution < 1.29 is 19.7 Å². The van der Waals surface area contributed by atoms with Crippen molar-refractivity contribution in [3.8, 4) is 11.5 Å². The monoisotopic (exact) mass is 464 g/mol. The molecular weight excluding hydrogens is 446 g/mol. The third-order valence-corrected chi connectivity index (χ3v) is 6.11. The van der Waals surface area contributed by atoms with Crippen LogP contribution in [0.2, 0.25) is 20.1 Å². The summed E-state index contributed by atoms with van der Waals surface area (Å²) >= 11 is 25.6. The Morgan fingerprint density at radius 1 is 0.714 bits per heavy atom. The van der Waals surface area contributed by atoms with E-state index >= 15 is 0 Å². The van der Waals surface area contributed by atoms with E-state index in [0.717, 1.165) is 30.4 Å². The summed E-state index contributed by atoms with van der Waals surface area (Å²) in [5.41, 5.74) is 1.62. The quantitative estimate of drug-likeness (QED) is 0.539. The van der Waals surface area contributed by atoms with Gasteiger partial charge in [-0.05, 0) is 48.2 Å². The molecule has 0 amide bonds. The molecule has 2 aromatic rings. The minimum atomic E-state index is -0.300. The number of ether oxygens (including phenoxy) is 2. The van der Waals surface area contributed by atoms with Crippen LogP contribution in [0.5, 0.6) is 11.5 Å². The van der Waals surface area contributed by atoms with E-state index in [-0.39, 0.29) is 31.8 Å². The lowest BCUT2D eigenvalue weighted by Gasteiger charge is -2.43. The predicted octanol–water partition coefficient (Wildman–Crippen LogP) is 5.51. The second kappa shape index (κ2) is 9.29. The van der Waals surface area contributed by atoms with Crippen LogP contribution in [0.25, 0.3) is 0 Å². The van der Waals surface area contributed by atoms with Crippen molar-refractivity contribution in [2.24, 2.45) is 0 Å². The highest BCUT2D eigenvalue weighted by Crippen LogP contribution is 2.53. The second-order valence-electron chi connectivity index (χ2n) is 6.62. The molecule has 0 radical (unpaired) electrons. The van der Waals surface area contributed by atoms with E-state index in [1.165, 1.54) is 0 Å². The molecule has 152 valence electrons. The van der Waals surface area contributed by atoms with E-state index < -0.39 is 0 Å². The maximum Gasteiger partial charge on any atom is 0.156 e. The molecule has 0 aromatic heterocycles. The molecule has 8 heteroatoms. The zero-order valence-electron chi connectivity index (χ0n) is 15.0. The SMILES string of the molecule is OCCOc1c(Cl)cc(C2(c3cc(Cl)c(OCCO)c(Cl)c3)CCC2)cc1Cl. The Kier molecular flexibility index (Phi) is 7.24. The van der Waals surface area contributed by atoms with Gasteiger partial charge in [-0.25, -0.2) is 0 Å². The molecule has 0 spiro atoms. The summed E-state index contributed by atoms with van der Waals surface area (Å²) in [6.45, 7) is -0.0189. The van der Waals surface area contributed by atoms with Crippen LogP contribution in [0, 0.1) is 0 Å². The van der Waals surface area contributed by atoms with Crippen molar-refractivity contribution in [3.63, 3.8) is 0 Å². The maximum atomic E-state index is 8.96. The lowest BCUT2D eigenvalue weighted by molar-refractivity contribution is 0.201. The van der Waals surface area contributed by atoms with Crippen molar-refractivity contribution in [1.82, 2.24) is 0 Å². The number of halogens is 4. The summed E-state index contributed by atoms with van der Waals surface area (Å²) in [5.74, 6) is 0.721. The molecular formula is C20H20Cl4O4. The van der Waals surface area contributed by atoms with Gasteiger partial charge in [-0.2, -0.15) is 0 Å². The molecule has 1 aliphatic carbocycles. The lowest BCUT2D eigenvalue weighted by atomic mass is 9.60. The first-order valence-electron chi connectivity index (χ1n) is 8.89. The molecule has 0 atom stereocenters. The number of benzene rings is 2. The lowest BCUT2D eigenvalue weighted by Crippen LogP contribution is -2.35. The molecule has 2 N–H and O–H groups in total. The van der Waals surface area contributed by atoms with Gasteiger partial charge in [-0.1, -0.05) is 52.8 Å². The largest absolute Gasteiger partial charge is 0.488 e. The average Bonchev–Trinajstić information content (AvgIpc) is 2.59. The summed E-state index contributed by atoms with van der Waals surface area (Å²) in [7, 11) is 0. The van der Waals surface area contributed by atoms with Crippen molar-refractivity contribution in [2.45, 2.75) is 24.7 Å². The minimum Gasteiger partial charge on any atom is -0.488 e. The second-order valence-corrected chi connectivity index (χ2v) is 8.25. The van der Waals surface area contributed by atoms with Gasteiger partial charge in [0.25, 0.3) is 0 Å². The van der Waals surface area contributed by atoms with Crippen molar-refractivity contribution in [1.29, 1.82) is 0 Å². The number of rotatable bonds is 8. The third kappa shape index (κ3) is 4.18. The van der Waals surface area contributed by atoms with Gasteiger partial charge in [0.05, 0.1) is 33.3 Å². The van der Waals surface area contributed by atoms with Crippen LogP contribution >= 0.6 is 46.4 Å². The fourth-order valence-corrected chi connectivity index (χ4v) is 4.71. The Balaban J connectivity index is 2.01. The highest BCUT2D eigenvalue weighted by atomic mass is 35.5. The maximum absolute atomic E-state index is 8.96. The molecule has 3 rings (SSSR count). The minimum absolute atomic E-state index is 0.116. The fraction of sp³-hybridized carbons (Fsp3) is 0.400. The van der Waals surface area contributed by atoms with Crippen molar-refractivity contribution in [2.75, 3.05) is 26.4 Å². The molecule has 1 aliphatic rings. The fourth-order valence-electron chi connectivity index (χ4n) is 3.52. The Morgan fingerprint density at radius 3 is 1.32 bits per heavy atom. The first-order valence-corrected chi connectivity index (χ1v) is 10.4. The first kappa shape index (κ1) is 21.8. The Morgan fingerprint density at radius 2 is 1.07 bits per heavy atom. The normalized spacial score (nSPS) is 15.2.